The van der Waals surface area contributed by atoms with E-state index < -0.39 is 0 Å². The SMILES string of the molecule is COC(=O)CCc1ccc(OCC(=O)N2CC(C)N(Cc3ccc(F)cc3)CC2C)cc1. The third kappa shape index (κ3) is 6.53. The topological polar surface area (TPSA) is 59.1 Å². The van der Waals surface area contributed by atoms with E-state index in [4.69, 9.17) is 4.74 Å². The van der Waals surface area contributed by atoms with Gasteiger partial charge in [0.2, 0.25) is 0 Å². The molecule has 32 heavy (non-hydrogen) atoms. The zero-order chi connectivity index (χ0) is 23.1. The summed E-state index contributed by atoms with van der Waals surface area (Å²) in [5.41, 5.74) is 2.07. The minimum absolute atomic E-state index is 0.0173. The summed E-state index contributed by atoms with van der Waals surface area (Å²) in [5.74, 6) is 0.106. The molecule has 0 spiro atoms. The van der Waals surface area contributed by atoms with Crippen LogP contribution in [0.5, 0.6) is 5.75 Å². The van der Waals surface area contributed by atoms with Crippen LogP contribution in [-0.4, -0.2) is 60.6 Å². The third-order valence-corrected chi connectivity index (χ3v) is 5.87. The average molecular weight is 443 g/mol. The maximum Gasteiger partial charge on any atom is 0.305 e. The Balaban J connectivity index is 1.48. The average Bonchev–Trinajstić information content (AvgIpc) is 2.80. The number of rotatable bonds is 8. The lowest BCUT2D eigenvalue weighted by Crippen LogP contribution is -2.58. The highest BCUT2D eigenvalue weighted by Crippen LogP contribution is 2.19. The standard InChI is InChI=1S/C25H31FN2O4/c1-18-15-28(19(2)14-27(18)16-21-4-9-22(26)10-5-21)24(29)17-32-23-11-6-20(7-12-23)8-13-25(30)31-3/h4-7,9-12,18-19H,8,13-17H2,1-3H3. The van der Waals surface area contributed by atoms with Gasteiger partial charge in [0.25, 0.3) is 5.91 Å². The lowest BCUT2D eigenvalue weighted by molar-refractivity contribution is -0.141. The summed E-state index contributed by atoms with van der Waals surface area (Å²) >= 11 is 0. The first-order chi connectivity index (χ1) is 15.4. The van der Waals surface area contributed by atoms with E-state index in [1.165, 1.54) is 19.2 Å². The van der Waals surface area contributed by atoms with Crippen LogP contribution >= 0.6 is 0 Å². The summed E-state index contributed by atoms with van der Waals surface area (Å²) in [6, 6.07) is 14.2. The maximum absolute atomic E-state index is 13.1. The molecule has 0 N–H and O–H groups in total. The number of hydrogen-bond donors (Lipinski definition) is 0. The van der Waals surface area contributed by atoms with Crippen molar-refractivity contribution < 1.29 is 23.5 Å². The molecule has 1 saturated heterocycles. The Morgan fingerprint density at radius 1 is 0.969 bits per heavy atom. The summed E-state index contributed by atoms with van der Waals surface area (Å²) in [5, 5.41) is 0. The smallest absolute Gasteiger partial charge is 0.305 e. The molecule has 1 amide bonds. The molecule has 6 nitrogen and oxygen atoms in total. The van der Waals surface area contributed by atoms with E-state index in [0.717, 1.165) is 24.2 Å². The second kappa shape index (κ2) is 11.1. The molecule has 172 valence electrons. The van der Waals surface area contributed by atoms with Crippen molar-refractivity contribution in [3.8, 4) is 5.75 Å². The van der Waals surface area contributed by atoms with Gasteiger partial charge >= 0.3 is 5.97 Å². The third-order valence-electron chi connectivity index (χ3n) is 5.87. The number of halogens is 1. The summed E-state index contributed by atoms with van der Waals surface area (Å²) in [7, 11) is 1.38. The van der Waals surface area contributed by atoms with Crippen molar-refractivity contribution >= 4 is 11.9 Å². The molecule has 1 fully saturated rings. The van der Waals surface area contributed by atoms with E-state index in [9.17, 15) is 14.0 Å². The second-order valence-electron chi connectivity index (χ2n) is 8.31. The van der Waals surface area contributed by atoms with Crippen molar-refractivity contribution in [2.24, 2.45) is 0 Å². The van der Waals surface area contributed by atoms with E-state index in [1.807, 2.05) is 36.1 Å². The van der Waals surface area contributed by atoms with Crippen LogP contribution in [0.25, 0.3) is 0 Å². The van der Waals surface area contributed by atoms with Crippen molar-refractivity contribution in [3.05, 3.63) is 65.5 Å². The van der Waals surface area contributed by atoms with Gasteiger partial charge in [-0.25, -0.2) is 4.39 Å². The number of nitrogens with zero attached hydrogens (tertiary/aromatic N) is 2. The van der Waals surface area contributed by atoms with Crippen LogP contribution in [-0.2, 0) is 27.3 Å². The van der Waals surface area contributed by atoms with Crippen LogP contribution in [0.15, 0.2) is 48.5 Å². The number of carbonyl (C=O) groups excluding carboxylic acids is 2. The normalized spacial score (nSPS) is 18.9. The van der Waals surface area contributed by atoms with Gasteiger partial charge in [-0.2, -0.15) is 0 Å². The first-order valence-electron chi connectivity index (χ1n) is 10.9. The fraction of sp³-hybridized carbons (Fsp3) is 0.440. The molecule has 2 unspecified atom stereocenters. The van der Waals surface area contributed by atoms with Gasteiger partial charge in [-0.15, -0.1) is 0 Å². The van der Waals surface area contributed by atoms with Crippen LogP contribution in [0.2, 0.25) is 0 Å². The van der Waals surface area contributed by atoms with Crippen molar-refractivity contribution in [1.82, 2.24) is 9.80 Å². The summed E-state index contributed by atoms with van der Waals surface area (Å²) < 4.78 is 23.5. The Bertz CT molecular complexity index is 901. The van der Waals surface area contributed by atoms with E-state index >= 15 is 0 Å². The Kier molecular flexibility index (Phi) is 8.22. The highest BCUT2D eigenvalue weighted by atomic mass is 19.1. The van der Waals surface area contributed by atoms with Crippen molar-refractivity contribution in [2.45, 2.75) is 45.3 Å². The van der Waals surface area contributed by atoms with E-state index in [-0.39, 0.29) is 36.4 Å². The van der Waals surface area contributed by atoms with Gasteiger partial charge < -0.3 is 14.4 Å². The van der Waals surface area contributed by atoms with Gasteiger partial charge in [0, 0.05) is 38.1 Å². The zero-order valence-corrected chi connectivity index (χ0v) is 18.9. The molecule has 0 aliphatic carbocycles. The van der Waals surface area contributed by atoms with Gasteiger partial charge in [0.05, 0.1) is 7.11 Å². The summed E-state index contributed by atoms with van der Waals surface area (Å²) in [6.45, 7) is 6.22. The fourth-order valence-corrected chi connectivity index (χ4v) is 3.92. The predicted molar refractivity (Wildman–Crippen MR) is 120 cm³/mol. The van der Waals surface area contributed by atoms with Crippen LogP contribution in [0.4, 0.5) is 4.39 Å². The number of benzene rings is 2. The Morgan fingerprint density at radius 3 is 2.28 bits per heavy atom. The lowest BCUT2D eigenvalue weighted by atomic mass is 10.1. The molecular weight excluding hydrogens is 411 g/mol. The van der Waals surface area contributed by atoms with Crippen LogP contribution in [0.1, 0.15) is 31.4 Å². The second-order valence-corrected chi connectivity index (χ2v) is 8.31. The number of methoxy groups -OCH3 is 1. The number of piperazine rings is 1. The molecule has 3 rings (SSSR count). The highest BCUT2D eigenvalue weighted by Gasteiger charge is 2.32. The molecule has 2 atom stereocenters. The maximum atomic E-state index is 13.1. The van der Waals surface area contributed by atoms with Gasteiger partial charge in [0.15, 0.2) is 6.61 Å². The van der Waals surface area contributed by atoms with Crippen molar-refractivity contribution in [2.75, 3.05) is 26.8 Å². The quantitative estimate of drug-likeness (QED) is 0.587. The molecular formula is C25H31FN2O4. The molecule has 0 aromatic heterocycles. The van der Waals surface area contributed by atoms with Crippen LogP contribution in [0.3, 0.4) is 0 Å². The fourth-order valence-electron chi connectivity index (χ4n) is 3.92. The molecule has 1 heterocycles. The number of carbonyl (C=O) groups is 2. The summed E-state index contributed by atoms with van der Waals surface area (Å²) in [6.07, 6.45) is 0.932. The van der Waals surface area contributed by atoms with E-state index in [1.54, 1.807) is 12.1 Å². The number of ether oxygens (including phenoxy) is 2. The predicted octanol–water partition coefficient (Wildman–Crippen LogP) is 3.43. The lowest BCUT2D eigenvalue weighted by Gasteiger charge is -2.44. The van der Waals surface area contributed by atoms with Crippen molar-refractivity contribution in [3.63, 3.8) is 0 Å². The largest absolute Gasteiger partial charge is 0.484 e. The van der Waals surface area contributed by atoms with Gasteiger partial charge in [0.1, 0.15) is 11.6 Å². The number of hydrogen-bond acceptors (Lipinski definition) is 5. The molecule has 1 aliphatic rings. The Morgan fingerprint density at radius 2 is 1.62 bits per heavy atom. The van der Waals surface area contributed by atoms with Crippen LogP contribution in [0, 0.1) is 5.82 Å². The number of esters is 1. The minimum atomic E-state index is -0.239. The molecule has 2 aromatic carbocycles. The van der Waals surface area contributed by atoms with Gasteiger partial charge in [-0.3, -0.25) is 14.5 Å². The molecule has 0 radical (unpaired) electrons. The first-order valence-corrected chi connectivity index (χ1v) is 10.9. The first kappa shape index (κ1) is 23.7. The Hall–Kier alpha value is -2.93. The molecule has 2 aromatic rings. The molecule has 1 aliphatic heterocycles. The number of aryl methyl sites for hydroxylation is 1. The molecule has 7 heteroatoms. The Labute approximate surface area is 188 Å². The number of amides is 1. The van der Waals surface area contributed by atoms with Crippen molar-refractivity contribution in [1.29, 1.82) is 0 Å². The minimum Gasteiger partial charge on any atom is -0.484 e. The summed E-state index contributed by atoms with van der Waals surface area (Å²) in [4.78, 5) is 28.2. The van der Waals surface area contributed by atoms with Crippen LogP contribution < -0.4 is 4.74 Å². The van der Waals surface area contributed by atoms with Gasteiger partial charge in [-0.1, -0.05) is 24.3 Å². The molecule has 0 bridgehead atoms. The van der Waals surface area contributed by atoms with Gasteiger partial charge in [-0.05, 0) is 55.7 Å². The van der Waals surface area contributed by atoms with E-state index in [2.05, 4.69) is 16.6 Å². The highest BCUT2D eigenvalue weighted by molar-refractivity contribution is 5.78. The molecule has 0 saturated carbocycles. The monoisotopic (exact) mass is 442 g/mol. The zero-order valence-electron chi connectivity index (χ0n) is 18.9. The van der Waals surface area contributed by atoms with E-state index in [0.29, 0.717) is 25.1 Å².